The lowest BCUT2D eigenvalue weighted by molar-refractivity contribution is 0.218. The normalized spacial score (nSPS) is 16.1. The van der Waals surface area contributed by atoms with Crippen LogP contribution in [-0.2, 0) is 0 Å². The van der Waals surface area contributed by atoms with Crippen LogP contribution in [0.1, 0.15) is 25.7 Å². The van der Waals surface area contributed by atoms with E-state index in [0.717, 1.165) is 12.3 Å². The number of rotatable bonds is 4. The van der Waals surface area contributed by atoms with Gasteiger partial charge in [0.2, 0.25) is 5.88 Å². The number of nitrogens with zero attached hydrogens (tertiary/aromatic N) is 1. The third-order valence-electron chi connectivity index (χ3n) is 2.84. The molecule has 0 atom stereocenters. The highest BCUT2D eigenvalue weighted by atomic mass is 35.5. The van der Waals surface area contributed by atoms with E-state index in [9.17, 15) is 0 Å². The van der Waals surface area contributed by atoms with E-state index in [1.165, 1.54) is 19.3 Å². The van der Waals surface area contributed by atoms with Crippen molar-refractivity contribution in [3.05, 3.63) is 17.3 Å². The fourth-order valence-electron chi connectivity index (χ4n) is 1.67. The molecule has 0 unspecified atom stereocenters. The maximum Gasteiger partial charge on any atom is 0.237 e. The van der Waals surface area contributed by atoms with Crippen molar-refractivity contribution in [2.75, 3.05) is 12.3 Å². The molecular weight excluding hydrogens is 212 g/mol. The van der Waals surface area contributed by atoms with Crippen molar-refractivity contribution in [1.29, 1.82) is 0 Å². The molecule has 1 heterocycles. The molecule has 1 aromatic rings. The molecule has 1 aromatic heterocycles. The third-order valence-corrected chi connectivity index (χ3v) is 3.04. The predicted octanol–water partition coefficient (Wildman–Crippen LogP) is 2.89. The Hall–Kier alpha value is -0.960. The van der Waals surface area contributed by atoms with E-state index in [2.05, 4.69) is 4.98 Å². The summed E-state index contributed by atoms with van der Waals surface area (Å²) in [6.45, 7) is 0.698. The second kappa shape index (κ2) is 4.71. The number of hydrogen-bond acceptors (Lipinski definition) is 3. The largest absolute Gasteiger partial charge is 0.476 e. The van der Waals surface area contributed by atoms with Crippen LogP contribution in [0.15, 0.2) is 12.3 Å². The zero-order chi connectivity index (χ0) is 10.7. The van der Waals surface area contributed by atoms with Gasteiger partial charge >= 0.3 is 0 Å². The van der Waals surface area contributed by atoms with Crippen LogP contribution in [0.3, 0.4) is 0 Å². The van der Waals surface area contributed by atoms with Gasteiger partial charge in [-0.3, -0.25) is 0 Å². The molecule has 1 fully saturated rings. The summed E-state index contributed by atoms with van der Waals surface area (Å²) < 4.78 is 5.50. The number of anilines is 1. The van der Waals surface area contributed by atoms with Gasteiger partial charge in [0.15, 0.2) is 0 Å². The SMILES string of the molecule is Nc1cc(Cl)cnc1OCCC1CCC1. The zero-order valence-electron chi connectivity index (χ0n) is 8.58. The van der Waals surface area contributed by atoms with Gasteiger partial charge in [0.25, 0.3) is 0 Å². The molecule has 82 valence electrons. The van der Waals surface area contributed by atoms with Crippen molar-refractivity contribution in [3.8, 4) is 5.88 Å². The van der Waals surface area contributed by atoms with Crippen LogP contribution in [0.25, 0.3) is 0 Å². The van der Waals surface area contributed by atoms with Gasteiger partial charge in [0.1, 0.15) is 0 Å². The molecule has 1 aliphatic rings. The molecule has 0 bridgehead atoms. The summed E-state index contributed by atoms with van der Waals surface area (Å²) in [6.07, 6.45) is 6.70. The standard InChI is InChI=1S/C11H15ClN2O/c12-9-6-10(13)11(14-7-9)15-5-4-8-2-1-3-8/h6-8H,1-5,13H2. The number of ether oxygens (including phenoxy) is 1. The molecule has 1 aliphatic carbocycles. The minimum absolute atomic E-state index is 0.499. The summed E-state index contributed by atoms with van der Waals surface area (Å²) in [4.78, 5) is 4.04. The van der Waals surface area contributed by atoms with Crippen LogP contribution >= 0.6 is 11.6 Å². The molecule has 3 nitrogen and oxygen atoms in total. The quantitative estimate of drug-likeness (QED) is 0.859. The minimum atomic E-state index is 0.499. The lowest BCUT2D eigenvalue weighted by atomic mass is 9.83. The summed E-state index contributed by atoms with van der Waals surface area (Å²) in [7, 11) is 0. The van der Waals surface area contributed by atoms with Crippen molar-refractivity contribution >= 4 is 17.3 Å². The monoisotopic (exact) mass is 226 g/mol. The lowest BCUT2D eigenvalue weighted by Gasteiger charge is -2.24. The Morgan fingerprint density at radius 3 is 2.93 bits per heavy atom. The first-order valence-corrected chi connectivity index (χ1v) is 5.67. The van der Waals surface area contributed by atoms with Crippen LogP contribution in [0.4, 0.5) is 5.69 Å². The highest BCUT2D eigenvalue weighted by Crippen LogP contribution is 2.29. The maximum absolute atomic E-state index is 5.73. The summed E-state index contributed by atoms with van der Waals surface area (Å²) in [6, 6.07) is 1.66. The molecule has 2 rings (SSSR count). The van der Waals surface area contributed by atoms with Crippen LogP contribution in [0.2, 0.25) is 5.02 Å². The zero-order valence-corrected chi connectivity index (χ0v) is 9.33. The van der Waals surface area contributed by atoms with Crippen molar-refractivity contribution < 1.29 is 4.74 Å². The van der Waals surface area contributed by atoms with Crippen LogP contribution in [0, 0.1) is 5.92 Å². The van der Waals surface area contributed by atoms with E-state index in [4.69, 9.17) is 22.1 Å². The van der Waals surface area contributed by atoms with Crippen molar-refractivity contribution in [2.24, 2.45) is 5.92 Å². The first kappa shape index (κ1) is 10.6. The van der Waals surface area contributed by atoms with E-state index in [-0.39, 0.29) is 0 Å². The Morgan fingerprint density at radius 1 is 1.53 bits per heavy atom. The van der Waals surface area contributed by atoms with Crippen molar-refractivity contribution in [2.45, 2.75) is 25.7 Å². The fraction of sp³-hybridized carbons (Fsp3) is 0.545. The summed E-state index contributed by atoms with van der Waals surface area (Å²) >= 11 is 5.73. The number of nitrogen functional groups attached to an aromatic ring is 1. The Kier molecular flexibility index (Phi) is 3.31. The van der Waals surface area contributed by atoms with E-state index in [1.807, 2.05) is 0 Å². The summed E-state index contributed by atoms with van der Waals surface area (Å²) in [5.74, 6) is 1.34. The van der Waals surface area contributed by atoms with E-state index in [1.54, 1.807) is 12.3 Å². The molecule has 0 spiro atoms. The highest BCUT2D eigenvalue weighted by molar-refractivity contribution is 6.30. The molecule has 0 radical (unpaired) electrons. The Labute approximate surface area is 94.6 Å². The summed E-state index contributed by atoms with van der Waals surface area (Å²) in [5, 5.41) is 0.541. The highest BCUT2D eigenvalue weighted by Gasteiger charge is 2.17. The van der Waals surface area contributed by atoms with Crippen molar-refractivity contribution in [3.63, 3.8) is 0 Å². The van der Waals surface area contributed by atoms with Gasteiger partial charge in [-0.1, -0.05) is 30.9 Å². The topological polar surface area (TPSA) is 48.1 Å². The van der Waals surface area contributed by atoms with Gasteiger partial charge in [0, 0.05) is 6.20 Å². The van der Waals surface area contributed by atoms with Gasteiger partial charge < -0.3 is 10.5 Å². The van der Waals surface area contributed by atoms with Gasteiger partial charge in [0.05, 0.1) is 17.3 Å². The smallest absolute Gasteiger partial charge is 0.237 e. The maximum atomic E-state index is 5.73. The van der Waals surface area contributed by atoms with E-state index < -0.39 is 0 Å². The van der Waals surface area contributed by atoms with Crippen LogP contribution in [-0.4, -0.2) is 11.6 Å². The van der Waals surface area contributed by atoms with Gasteiger partial charge in [-0.05, 0) is 18.4 Å². The van der Waals surface area contributed by atoms with E-state index in [0.29, 0.717) is 23.2 Å². The van der Waals surface area contributed by atoms with Gasteiger partial charge in [-0.15, -0.1) is 0 Å². The molecule has 0 amide bonds. The molecule has 0 aromatic carbocycles. The second-order valence-electron chi connectivity index (χ2n) is 3.98. The second-order valence-corrected chi connectivity index (χ2v) is 4.42. The van der Waals surface area contributed by atoms with E-state index >= 15 is 0 Å². The predicted molar refractivity (Wildman–Crippen MR) is 61.1 cm³/mol. The van der Waals surface area contributed by atoms with Crippen LogP contribution in [0.5, 0.6) is 5.88 Å². The number of pyridine rings is 1. The van der Waals surface area contributed by atoms with Crippen molar-refractivity contribution in [1.82, 2.24) is 4.98 Å². The average molecular weight is 227 g/mol. The number of hydrogen-bond donors (Lipinski definition) is 1. The Morgan fingerprint density at radius 2 is 2.33 bits per heavy atom. The molecule has 2 N–H and O–H groups in total. The number of nitrogens with two attached hydrogens (primary N) is 1. The van der Waals surface area contributed by atoms with Gasteiger partial charge in [-0.2, -0.15) is 0 Å². The minimum Gasteiger partial charge on any atom is -0.476 e. The molecule has 1 saturated carbocycles. The third kappa shape index (κ3) is 2.75. The Bertz CT molecular complexity index is 339. The number of halogens is 1. The van der Waals surface area contributed by atoms with Crippen LogP contribution < -0.4 is 10.5 Å². The van der Waals surface area contributed by atoms with Gasteiger partial charge in [-0.25, -0.2) is 4.98 Å². The molecule has 0 saturated heterocycles. The molecular formula is C11H15ClN2O. The molecule has 15 heavy (non-hydrogen) atoms. The Balaban J connectivity index is 1.81. The first-order chi connectivity index (χ1) is 7.25. The first-order valence-electron chi connectivity index (χ1n) is 5.29. The molecule has 4 heteroatoms. The fourth-order valence-corrected chi connectivity index (χ4v) is 1.83. The summed E-state index contributed by atoms with van der Waals surface area (Å²) in [5.41, 5.74) is 6.22. The number of aromatic nitrogens is 1. The average Bonchev–Trinajstić information content (AvgIpc) is 2.12. The molecule has 0 aliphatic heterocycles. The lowest BCUT2D eigenvalue weighted by Crippen LogP contribution is -2.15.